The number of nitrogens with zero attached hydrogens (tertiary/aromatic N) is 2. The number of aromatic nitrogens is 1. The zero-order chi connectivity index (χ0) is 16.1. The molecule has 1 fully saturated rings. The van der Waals surface area contributed by atoms with Crippen LogP contribution >= 0.6 is 36.2 Å². The quantitative estimate of drug-likeness (QED) is 0.758. The summed E-state index contributed by atoms with van der Waals surface area (Å²) in [6.45, 7) is 3.68. The molecule has 0 aromatic carbocycles. The van der Waals surface area contributed by atoms with Gasteiger partial charge in [0, 0.05) is 4.88 Å². The molecule has 2 heterocycles. The molecular weight excluding hydrogens is 379 g/mol. The number of carbonyl (C=O) groups excluding carboxylic acids is 1. The lowest BCUT2D eigenvalue weighted by molar-refractivity contribution is -0.117. The number of nitrogens with one attached hydrogen (secondary N) is 2. The molecule has 0 atom stereocenters. The van der Waals surface area contributed by atoms with Crippen LogP contribution in [0, 0.1) is 5.92 Å². The summed E-state index contributed by atoms with van der Waals surface area (Å²) in [7, 11) is 2.01. The fraction of sp³-hybridized carbons (Fsp3) is 0.765. The van der Waals surface area contributed by atoms with Crippen molar-refractivity contribution in [3.63, 3.8) is 0 Å². The Labute approximate surface area is 167 Å². The van der Waals surface area contributed by atoms with Crippen molar-refractivity contribution < 1.29 is 4.79 Å². The summed E-state index contributed by atoms with van der Waals surface area (Å²) in [6.07, 6.45) is 8.35. The fourth-order valence-electron chi connectivity index (χ4n) is 3.55. The monoisotopic (exact) mass is 408 g/mol. The second kappa shape index (κ2) is 11.3. The van der Waals surface area contributed by atoms with E-state index < -0.39 is 0 Å². The summed E-state index contributed by atoms with van der Waals surface area (Å²) in [4.78, 5) is 20.5. The Morgan fingerprint density at radius 3 is 2.64 bits per heavy atom. The van der Waals surface area contributed by atoms with Crippen LogP contribution in [0.4, 0.5) is 5.13 Å². The lowest BCUT2D eigenvalue weighted by atomic mass is 9.93. The molecule has 2 N–H and O–H groups in total. The predicted molar refractivity (Wildman–Crippen MR) is 110 cm³/mol. The largest absolute Gasteiger partial charge is 0.320 e. The van der Waals surface area contributed by atoms with E-state index in [4.69, 9.17) is 0 Å². The molecule has 8 heteroatoms. The zero-order valence-electron chi connectivity index (χ0n) is 14.9. The van der Waals surface area contributed by atoms with E-state index in [-0.39, 0.29) is 30.7 Å². The maximum atomic E-state index is 12.3. The molecule has 1 aromatic heterocycles. The minimum Gasteiger partial charge on any atom is -0.320 e. The van der Waals surface area contributed by atoms with Crippen LogP contribution < -0.4 is 10.6 Å². The van der Waals surface area contributed by atoms with Crippen LogP contribution in [-0.4, -0.2) is 49.0 Å². The maximum absolute atomic E-state index is 12.3. The van der Waals surface area contributed by atoms with Gasteiger partial charge in [-0.25, -0.2) is 4.98 Å². The Kier molecular flexibility index (Phi) is 10.3. The maximum Gasteiger partial charge on any atom is 0.240 e. The van der Waals surface area contributed by atoms with E-state index in [0.29, 0.717) is 6.54 Å². The van der Waals surface area contributed by atoms with Crippen molar-refractivity contribution in [2.75, 3.05) is 38.5 Å². The van der Waals surface area contributed by atoms with Gasteiger partial charge in [-0.2, -0.15) is 0 Å². The third-order valence-corrected chi connectivity index (χ3v) is 6.04. The van der Waals surface area contributed by atoms with Gasteiger partial charge in [0.1, 0.15) is 0 Å². The molecule has 2 aliphatic rings. The number of rotatable bonds is 6. The first kappa shape index (κ1) is 22.6. The van der Waals surface area contributed by atoms with E-state index in [9.17, 15) is 4.79 Å². The molecule has 0 spiro atoms. The van der Waals surface area contributed by atoms with Gasteiger partial charge in [0.05, 0.1) is 12.2 Å². The van der Waals surface area contributed by atoms with E-state index in [2.05, 4.69) is 20.5 Å². The van der Waals surface area contributed by atoms with Gasteiger partial charge in [-0.05, 0) is 77.5 Å². The van der Waals surface area contributed by atoms with Crippen molar-refractivity contribution in [2.45, 2.75) is 44.9 Å². The second-order valence-electron chi connectivity index (χ2n) is 6.76. The smallest absolute Gasteiger partial charge is 0.240 e. The second-order valence-corrected chi connectivity index (χ2v) is 7.84. The Hall–Kier alpha value is -0.400. The van der Waals surface area contributed by atoms with Crippen LogP contribution in [0.15, 0.2) is 0 Å². The van der Waals surface area contributed by atoms with E-state index in [1.807, 2.05) is 7.05 Å². The first-order chi connectivity index (χ1) is 11.2. The summed E-state index contributed by atoms with van der Waals surface area (Å²) in [5.41, 5.74) is 1.21. The van der Waals surface area contributed by atoms with E-state index >= 15 is 0 Å². The number of anilines is 1. The van der Waals surface area contributed by atoms with Crippen LogP contribution in [0.2, 0.25) is 0 Å². The molecule has 0 unspecified atom stereocenters. The van der Waals surface area contributed by atoms with E-state index in [0.717, 1.165) is 43.5 Å². The minimum atomic E-state index is 0. The average Bonchev–Trinajstić information content (AvgIpc) is 2.96. The molecule has 1 aliphatic carbocycles. The van der Waals surface area contributed by atoms with E-state index in [1.165, 1.54) is 42.7 Å². The number of fused-ring (bicyclic) bond motifs is 1. The van der Waals surface area contributed by atoms with Crippen molar-refractivity contribution in [2.24, 2.45) is 5.92 Å². The number of hydrogen-bond donors (Lipinski definition) is 2. The molecule has 1 aromatic rings. The highest BCUT2D eigenvalue weighted by Crippen LogP contribution is 2.29. The summed E-state index contributed by atoms with van der Waals surface area (Å²) in [5, 5.41) is 7.03. The summed E-state index contributed by atoms with van der Waals surface area (Å²) >= 11 is 1.67. The Balaban J connectivity index is 0.00000156. The zero-order valence-corrected chi connectivity index (χ0v) is 17.3. The van der Waals surface area contributed by atoms with Gasteiger partial charge >= 0.3 is 0 Å². The number of piperidine rings is 1. The van der Waals surface area contributed by atoms with Crippen molar-refractivity contribution >= 4 is 47.2 Å². The number of thiazole rings is 1. The fourth-order valence-corrected chi connectivity index (χ4v) is 4.62. The highest BCUT2D eigenvalue weighted by atomic mass is 35.5. The normalized spacial score (nSPS) is 18.0. The molecule has 144 valence electrons. The van der Waals surface area contributed by atoms with Gasteiger partial charge in [-0.15, -0.1) is 36.2 Å². The van der Waals surface area contributed by atoms with Gasteiger partial charge in [0.15, 0.2) is 5.13 Å². The summed E-state index contributed by atoms with van der Waals surface area (Å²) < 4.78 is 0. The SMILES string of the molecule is CNCCC1CCN(CC(=O)Nc2nc3c(s2)CCCC3)CC1.Cl.Cl. The van der Waals surface area contributed by atoms with Gasteiger partial charge < -0.3 is 10.6 Å². The number of amides is 1. The van der Waals surface area contributed by atoms with Crippen LogP contribution in [0.1, 0.15) is 42.7 Å². The topological polar surface area (TPSA) is 57.3 Å². The standard InChI is InChI=1S/C17H28N4OS.2ClH/c1-18-9-6-13-7-10-21(11-8-13)12-16(22)20-17-19-14-4-2-3-5-15(14)23-17;;/h13,18H,2-12H2,1H3,(H,19,20,22);2*1H. The van der Waals surface area contributed by atoms with Crippen LogP contribution in [0.3, 0.4) is 0 Å². The molecule has 1 amide bonds. The number of carbonyl (C=O) groups is 1. The van der Waals surface area contributed by atoms with Gasteiger partial charge in [-0.3, -0.25) is 9.69 Å². The van der Waals surface area contributed by atoms with Gasteiger partial charge in [-0.1, -0.05) is 0 Å². The number of halogens is 2. The highest BCUT2D eigenvalue weighted by molar-refractivity contribution is 7.15. The van der Waals surface area contributed by atoms with Gasteiger partial charge in [0.2, 0.25) is 5.91 Å². The summed E-state index contributed by atoms with van der Waals surface area (Å²) in [6, 6.07) is 0. The van der Waals surface area contributed by atoms with Crippen LogP contribution in [0.5, 0.6) is 0 Å². The highest BCUT2D eigenvalue weighted by Gasteiger charge is 2.21. The lowest BCUT2D eigenvalue weighted by Crippen LogP contribution is -2.39. The first-order valence-electron chi connectivity index (χ1n) is 8.90. The third-order valence-electron chi connectivity index (χ3n) is 4.97. The van der Waals surface area contributed by atoms with Crippen LogP contribution in [0.25, 0.3) is 0 Å². The number of aryl methyl sites for hydroxylation is 2. The average molecular weight is 409 g/mol. The number of hydrogen-bond acceptors (Lipinski definition) is 5. The molecule has 1 saturated heterocycles. The Morgan fingerprint density at radius 1 is 1.24 bits per heavy atom. The molecule has 1 aliphatic heterocycles. The molecule has 5 nitrogen and oxygen atoms in total. The number of likely N-dealkylation sites (tertiary alicyclic amines) is 1. The first-order valence-corrected chi connectivity index (χ1v) is 9.71. The third kappa shape index (κ3) is 6.68. The minimum absolute atomic E-state index is 0. The Bertz CT molecular complexity index is 509. The van der Waals surface area contributed by atoms with Crippen LogP contribution in [-0.2, 0) is 17.6 Å². The van der Waals surface area contributed by atoms with Crippen molar-refractivity contribution in [3.8, 4) is 0 Å². The Morgan fingerprint density at radius 2 is 1.96 bits per heavy atom. The predicted octanol–water partition coefficient (Wildman–Crippen LogP) is 3.13. The molecule has 3 rings (SSSR count). The molecule has 0 saturated carbocycles. The molecule has 0 radical (unpaired) electrons. The summed E-state index contributed by atoms with van der Waals surface area (Å²) in [5.74, 6) is 0.900. The molecule has 0 bridgehead atoms. The molecular formula is C17H30Cl2N4OS. The molecule has 25 heavy (non-hydrogen) atoms. The lowest BCUT2D eigenvalue weighted by Gasteiger charge is -2.31. The van der Waals surface area contributed by atoms with Gasteiger partial charge in [0.25, 0.3) is 0 Å². The van der Waals surface area contributed by atoms with Crippen molar-refractivity contribution in [3.05, 3.63) is 10.6 Å². The van der Waals surface area contributed by atoms with E-state index in [1.54, 1.807) is 11.3 Å². The van der Waals surface area contributed by atoms with Crippen molar-refractivity contribution in [1.29, 1.82) is 0 Å². The van der Waals surface area contributed by atoms with Crippen molar-refractivity contribution in [1.82, 2.24) is 15.2 Å².